The predicted molar refractivity (Wildman–Crippen MR) is 67.6 cm³/mol. The summed E-state index contributed by atoms with van der Waals surface area (Å²) in [6, 6.07) is 0.316. The van der Waals surface area contributed by atoms with E-state index in [9.17, 15) is 9.90 Å². The van der Waals surface area contributed by atoms with Crippen molar-refractivity contribution in [3.8, 4) is 0 Å². The molecular formula is C12H19N5O2. The first-order valence-electron chi connectivity index (χ1n) is 6.75. The van der Waals surface area contributed by atoms with Gasteiger partial charge >= 0.3 is 0 Å². The van der Waals surface area contributed by atoms with Crippen LogP contribution in [0, 0.1) is 5.92 Å². The van der Waals surface area contributed by atoms with Gasteiger partial charge < -0.3 is 15.3 Å². The summed E-state index contributed by atoms with van der Waals surface area (Å²) in [5.41, 5.74) is 0.399. The van der Waals surface area contributed by atoms with Crippen molar-refractivity contribution < 1.29 is 9.90 Å². The summed E-state index contributed by atoms with van der Waals surface area (Å²) in [6.45, 7) is 4.88. The van der Waals surface area contributed by atoms with E-state index in [1.54, 1.807) is 15.8 Å². The van der Waals surface area contributed by atoms with Crippen LogP contribution in [0.2, 0.25) is 0 Å². The van der Waals surface area contributed by atoms with Gasteiger partial charge in [0.25, 0.3) is 5.91 Å². The molecule has 0 saturated carbocycles. The number of hydrogen-bond acceptors (Lipinski definition) is 5. The highest BCUT2D eigenvalue weighted by molar-refractivity contribution is 5.92. The first-order chi connectivity index (χ1) is 9.15. The average molecular weight is 265 g/mol. The van der Waals surface area contributed by atoms with Crippen molar-refractivity contribution in [3.63, 3.8) is 0 Å². The molecule has 2 aliphatic rings. The van der Waals surface area contributed by atoms with Crippen LogP contribution in [0.3, 0.4) is 0 Å². The standard InChI is InChI=1S/C12H19N5O2/c1-8-6-16(3-2-11(8)18)12(19)10-7-17(15-14-10)9-4-13-5-9/h7-9,11,13,18H,2-6H2,1H3. The smallest absolute Gasteiger partial charge is 0.276 e. The highest BCUT2D eigenvalue weighted by atomic mass is 16.3. The maximum atomic E-state index is 12.3. The van der Waals surface area contributed by atoms with Crippen LogP contribution >= 0.6 is 0 Å². The topological polar surface area (TPSA) is 83.3 Å². The minimum Gasteiger partial charge on any atom is -0.393 e. The van der Waals surface area contributed by atoms with E-state index in [0.29, 0.717) is 31.2 Å². The van der Waals surface area contributed by atoms with Gasteiger partial charge in [-0.1, -0.05) is 12.1 Å². The number of hydrogen-bond donors (Lipinski definition) is 2. The molecule has 3 heterocycles. The molecule has 3 rings (SSSR count). The van der Waals surface area contributed by atoms with Gasteiger partial charge in [0.05, 0.1) is 18.3 Å². The molecule has 2 N–H and O–H groups in total. The number of nitrogens with zero attached hydrogens (tertiary/aromatic N) is 4. The monoisotopic (exact) mass is 265 g/mol. The lowest BCUT2D eigenvalue weighted by Crippen LogP contribution is -2.45. The van der Waals surface area contributed by atoms with E-state index >= 15 is 0 Å². The first-order valence-corrected chi connectivity index (χ1v) is 6.75. The second-order valence-electron chi connectivity index (χ2n) is 5.48. The van der Waals surface area contributed by atoms with Gasteiger partial charge in [-0.05, 0) is 12.3 Å². The van der Waals surface area contributed by atoms with Gasteiger partial charge in [0.2, 0.25) is 0 Å². The molecule has 2 unspecified atom stereocenters. The lowest BCUT2D eigenvalue weighted by molar-refractivity contribution is 0.0294. The molecule has 1 aromatic rings. The van der Waals surface area contributed by atoms with Crippen LogP contribution in [0.1, 0.15) is 29.9 Å². The van der Waals surface area contributed by atoms with Crippen LogP contribution in [0.4, 0.5) is 0 Å². The second-order valence-corrected chi connectivity index (χ2v) is 5.48. The number of carbonyl (C=O) groups is 1. The summed E-state index contributed by atoms with van der Waals surface area (Å²) in [5, 5.41) is 20.8. The van der Waals surface area contributed by atoms with Crippen molar-refractivity contribution >= 4 is 5.91 Å². The SMILES string of the molecule is CC1CN(C(=O)c2cn(C3CNC3)nn2)CCC1O. The molecule has 0 radical (unpaired) electrons. The summed E-state index contributed by atoms with van der Waals surface area (Å²) >= 11 is 0. The van der Waals surface area contributed by atoms with Gasteiger partial charge in [-0.15, -0.1) is 5.10 Å². The summed E-state index contributed by atoms with van der Waals surface area (Å²) < 4.78 is 1.76. The minimum atomic E-state index is -0.305. The highest BCUT2D eigenvalue weighted by Gasteiger charge is 2.29. The molecule has 104 valence electrons. The van der Waals surface area contributed by atoms with Gasteiger partial charge in [0.15, 0.2) is 5.69 Å². The zero-order valence-electron chi connectivity index (χ0n) is 11.0. The Morgan fingerprint density at radius 1 is 1.53 bits per heavy atom. The molecule has 7 heteroatoms. The van der Waals surface area contributed by atoms with E-state index in [-0.39, 0.29) is 17.9 Å². The maximum absolute atomic E-state index is 12.3. The van der Waals surface area contributed by atoms with Crippen molar-refractivity contribution in [1.82, 2.24) is 25.2 Å². The lowest BCUT2D eigenvalue weighted by Gasteiger charge is -2.33. The molecule has 0 aromatic carbocycles. The van der Waals surface area contributed by atoms with Crippen molar-refractivity contribution in [1.29, 1.82) is 0 Å². The van der Waals surface area contributed by atoms with Gasteiger partial charge in [0.1, 0.15) is 0 Å². The number of amides is 1. The summed E-state index contributed by atoms with van der Waals surface area (Å²) in [4.78, 5) is 14.1. The molecule has 1 amide bonds. The van der Waals surface area contributed by atoms with Crippen LogP contribution in [-0.2, 0) is 0 Å². The van der Waals surface area contributed by atoms with Gasteiger partial charge in [-0.2, -0.15) is 0 Å². The first kappa shape index (κ1) is 12.6. The molecule has 19 heavy (non-hydrogen) atoms. The molecule has 7 nitrogen and oxygen atoms in total. The van der Waals surface area contributed by atoms with Crippen molar-refractivity contribution in [3.05, 3.63) is 11.9 Å². The number of aliphatic hydroxyl groups is 1. The number of nitrogens with one attached hydrogen (secondary N) is 1. The molecule has 2 fully saturated rings. The van der Waals surface area contributed by atoms with E-state index < -0.39 is 0 Å². The molecule has 2 atom stereocenters. The van der Waals surface area contributed by atoms with E-state index in [2.05, 4.69) is 15.6 Å². The maximum Gasteiger partial charge on any atom is 0.276 e. The third-order valence-corrected chi connectivity index (χ3v) is 4.01. The van der Waals surface area contributed by atoms with Crippen LogP contribution in [0.25, 0.3) is 0 Å². The fourth-order valence-electron chi connectivity index (χ4n) is 2.49. The van der Waals surface area contributed by atoms with E-state index in [1.807, 2.05) is 6.92 Å². The molecule has 0 bridgehead atoms. The lowest BCUT2D eigenvalue weighted by atomic mass is 9.96. The van der Waals surface area contributed by atoms with Gasteiger partial charge in [-0.3, -0.25) is 4.79 Å². The quantitative estimate of drug-likeness (QED) is 0.736. The molecule has 0 aliphatic carbocycles. The molecule has 1 aromatic heterocycles. The Hall–Kier alpha value is -1.47. The normalized spacial score (nSPS) is 28.2. The third-order valence-electron chi connectivity index (χ3n) is 4.01. The Bertz CT molecular complexity index is 470. The number of aromatic nitrogens is 3. The van der Waals surface area contributed by atoms with Gasteiger partial charge in [-0.25, -0.2) is 4.68 Å². The summed E-state index contributed by atoms with van der Waals surface area (Å²) in [6.07, 6.45) is 2.05. The largest absolute Gasteiger partial charge is 0.393 e. The van der Waals surface area contributed by atoms with E-state index in [0.717, 1.165) is 13.1 Å². The Kier molecular flexibility index (Phi) is 3.24. The van der Waals surface area contributed by atoms with E-state index in [4.69, 9.17) is 0 Å². The fourth-order valence-corrected chi connectivity index (χ4v) is 2.49. The number of likely N-dealkylation sites (tertiary alicyclic amines) is 1. The summed E-state index contributed by atoms with van der Waals surface area (Å²) in [7, 11) is 0. The third kappa shape index (κ3) is 2.35. The minimum absolute atomic E-state index is 0.0858. The number of rotatable bonds is 2. The molecule has 2 aliphatic heterocycles. The fraction of sp³-hybridized carbons (Fsp3) is 0.750. The zero-order chi connectivity index (χ0) is 13.4. The Labute approximate surface area is 111 Å². The van der Waals surface area contributed by atoms with Crippen LogP contribution in [-0.4, -0.2) is 63.2 Å². The van der Waals surface area contributed by atoms with Crippen molar-refractivity contribution in [2.24, 2.45) is 5.92 Å². The van der Waals surface area contributed by atoms with Crippen LogP contribution in [0.5, 0.6) is 0 Å². The predicted octanol–water partition coefficient (Wildman–Crippen LogP) is -0.735. The number of piperidine rings is 1. The average Bonchev–Trinajstić information content (AvgIpc) is 2.79. The highest BCUT2D eigenvalue weighted by Crippen LogP contribution is 2.18. The number of aliphatic hydroxyl groups excluding tert-OH is 1. The van der Waals surface area contributed by atoms with Crippen LogP contribution < -0.4 is 5.32 Å². The number of carbonyl (C=O) groups excluding carboxylic acids is 1. The Balaban J connectivity index is 1.67. The Morgan fingerprint density at radius 2 is 2.32 bits per heavy atom. The van der Waals surface area contributed by atoms with Crippen molar-refractivity contribution in [2.75, 3.05) is 26.2 Å². The van der Waals surface area contributed by atoms with Gasteiger partial charge in [0, 0.05) is 26.2 Å². The Morgan fingerprint density at radius 3 is 2.95 bits per heavy atom. The zero-order valence-corrected chi connectivity index (χ0v) is 11.0. The summed E-state index contributed by atoms with van der Waals surface area (Å²) in [5.74, 6) is 0.0286. The van der Waals surface area contributed by atoms with E-state index in [1.165, 1.54) is 0 Å². The van der Waals surface area contributed by atoms with Crippen molar-refractivity contribution in [2.45, 2.75) is 25.5 Å². The molecule has 0 spiro atoms. The second kappa shape index (κ2) is 4.90. The molecular weight excluding hydrogens is 246 g/mol. The molecule has 2 saturated heterocycles. The van der Waals surface area contributed by atoms with Crippen LogP contribution in [0.15, 0.2) is 6.20 Å².